The second kappa shape index (κ2) is 10.7. The average Bonchev–Trinajstić information content (AvgIpc) is 2.90. The van der Waals surface area contributed by atoms with E-state index >= 15 is 0 Å². The van der Waals surface area contributed by atoms with Gasteiger partial charge in [-0.2, -0.15) is 0 Å². The van der Waals surface area contributed by atoms with Crippen molar-refractivity contribution >= 4 is 23.5 Å². The van der Waals surface area contributed by atoms with Gasteiger partial charge in [-0.05, 0) is 68.8 Å². The van der Waals surface area contributed by atoms with Gasteiger partial charge in [0, 0.05) is 55.7 Å². The number of anilines is 1. The van der Waals surface area contributed by atoms with Gasteiger partial charge in [-0.15, -0.1) is 0 Å². The summed E-state index contributed by atoms with van der Waals surface area (Å²) in [4.78, 5) is 52.2. The molecule has 36 heavy (non-hydrogen) atoms. The minimum absolute atomic E-state index is 0.00128. The molecule has 4 amide bonds. The highest BCUT2D eigenvalue weighted by Gasteiger charge is 2.34. The number of benzene rings is 1. The second-order valence-corrected chi connectivity index (χ2v) is 10.1. The number of hydrogen-bond donors (Lipinski definition) is 1. The molecule has 3 saturated heterocycles. The molecule has 0 bridgehead atoms. The second-order valence-electron chi connectivity index (χ2n) is 10.1. The third kappa shape index (κ3) is 5.26. The van der Waals surface area contributed by atoms with Crippen LogP contribution in [0.25, 0.3) is 0 Å². The van der Waals surface area contributed by atoms with E-state index in [1.165, 1.54) is 19.3 Å². The van der Waals surface area contributed by atoms with Crippen molar-refractivity contribution < 1.29 is 14.4 Å². The normalized spacial score (nSPS) is 22.0. The molecule has 3 fully saturated rings. The van der Waals surface area contributed by atoms with Crippen molar-refractivity contribution in [2.75, 3.05) is 31.1 Å². The standard InChI is InChI=1S/C27H34N6O3/c1-19-6-7-21(17-23(19)33-16-10-25(34)30-27(33)36)26(35)31-14-8-20(9-15-31)22-5-2-3-13-32(22)18-24-28-11-4-12-29-24/h4,6-7,11-12,17,20,22H,2-3,5,8-10,13-16,18H2,1H3,(H,30,34,36). The van der Waals surface area contributed by atoms with Crippen LogP contribution in [0.5, 0.6) is 0 Å². The van der Waals surface area contributed by atoms with Crippen LogP contribution in [0.4, 0.5) is 10.5 Å². The molecule has 5 rings (SSSR count). The quantitative estimate of drug-likeness (QED) is 0.692. The summed E-state index contributed by atoms with van der Waals surface area (Å²) in [5.74, 6) is 1.17. The van der Waals surface area contributed by atoms with Gasteiger partial charge < -0.3 is 4.90 Å². The minimum atomic E-state index is -0.433. The first-order valence-electron chi connectivity index (χ1n) is 13.0. The van der Waals surface area contributed by atoms with Crippen molar-refractivity contribution in [1.82, 2.24) is 25.1 Å². The molecule has 0 spiro atoms. The Kier molecular flexibility index (Phi) is 7.27. The SMILES string of the molecule is Cc1ccc(C(=O)N2CCC(C3CCCCN3Cc3ncccn3)CC2)cc1N1CCC(=O)NC1=O. The highest BCUT2D eigenvalue weighted by atomic mass is 16.2. The highest BCUT2D eigenvalue weighted by Crippen LogP contribution is 2.32. The number of nitrogens with zero attached hydrogens (tertiary/aromatic N) is 5. The number of hydrogen-bond acceptors (Lipinski definition) is 6. The Balaban J connectivity index is 1.23. The largest absolute Gasteiger partial charge is 0.339 e. The molecule has 0 saturated carbocycles. The Labute approximate surface area is 211 Å². The lowest BCUT2D eigenvalue weighted by molar-refractivity contribution is -0.120. The summed E-state index contributed by atoms with van der Waals surface area (Å²) in [7, 11) is 0. The number of imide groups is 1. The van der Waals surface area contributed by atoms with E-state index < -0.39 is 6.03 Å². The zero-order valence-electron chi connectivity index (χ0n) is 20.9. The fourth-order valence-electron chi connectivity index (χ4n) is 5.84. The van der Waals surface area contributed by atoms with E-state index in [4.69, 9.17) is 0 Å². The molecule has 4 heterocycles. The van der Waals surface area contributed by atoms with Gasteiger partial charge in [0.05, 0.1) is 6.54 Å². The van der Waals surface area contributed by atoms with Crippen molar-refractivity contribution in [3.63, 3.8) is 0 Å². The van der Waals surface area contributed by atoms with Crippen molar-refractivity contribution in [3.05, 3.63) is 53.6 Å². The maximum Gasteiger partial charge on any atom is 0.328 e. The monoisotopic (exact) mass is 490 g/mol. The molecule has 1 atom stereocenters. The number of aromatic nitrogens is 2. The number of carbonyl (C=O) groups is 3. The summed E-state index contributed by atoms with van der Waals surface area (Å²) in [6.45, 7) is 5.56. The van der Waals surface area contributed by atoms with E-state index in [9.17, 15) is 14.4 Å². The predicted octanol–water partition coefficient (Wildman–Crippen LogP) is 3.14. The first-order chi connectivity index (χ1) is 17.5. The van der Waals surface area contributed by atoms with Gasteiger partial charge in [0.2, 0.25) is 5.91 Å². The van der Waals surface area contributed by atoms with E-state index in [2.05, 4.69) is 20.2 Å². The summed E-state index contributed by atoms with van der Waals surface area (Å²) in [6.07, 6.45) is 9.48. The van der Waals surface area contributed by atoms with Crippen LogP contribution in [0.2, 0.25) is 0 Å². The molecular weight excluding hydrogens is 456 g/mol. The molecule has 0 aliphatic carbocycles. The number of nitrogens with one attached hydrogen (secondary N) is 1. The van der Waals surface area contributed by atoms with Crippen molar-refractivity contribution in [2.24, 2.45) is 5.92 Å². The summed E-state index contributed by atoms with van der Waals surface area (Å²) in [6, 6.07) is 7.43. The van der Waals surface area contributed by atoms with Gasteiger partial charge in [0.25, 0.3) is 5.91 Å². The van der Waals surface area contributed by atoms with Crippen molar-refractivity contribution in [3.8, 4) is 0 Å². The minimum Gasteiger partial charge on any atom is -0.339 e. The fraction of sp³-hybridized carbons (Fsp3) is 0.519. The lowest BCUT2D eigenvalue weighted by atomic mass is 9.83. The molecule has 9 heteroatoms. The molecule has 3 aliphatic rings. The van der Waals surface area contributed by atoms with Gasteiger partial charge in [-0.1, -0.05) is 12.5 Å². The topological polar surface area (TPSA) is 98.7 Å². The number of rotatable bonds is 5. The Hall–Kier alpha value is -3.33. The van der Waals surface area contributed by atoms with E-state index in [0.29, 0.717) is 29.8 Å². The molecular formula is C27H34N6O3. The molecule has 9 nitrogen and oxygen atoms in total. The summed E-state index contributed by atoms with van der Waals surface area (Å²) < 4.78 is 0. The van der Waals surface area contributed by atoms with Gasteiger partial charge in [0.1, 0.15) is 5.82 Å². The smallest absolute Gasteiger partial charge is 0.328 e. The molecule has 1 aromatic carbocycles. The molecule has 1 N–H and O–H groups in total. The molecule has 1 unspecified atom stereocenters. The number of likely N-dealkylation sites (tertiary alicyclic amines) is 2. The average molecular weight is 491 g/mol. The third-order valence-electron chi connectivity index (χ3n) is 7.80. The van der Waals surface area contributed by atoms with Crippen LogP contribution in [0.1, 0.15) is 60.3 Å². The van der Waals surface area contributed by atoms with Crippen LogP contribution in [0.15, 0.2) is 36.7 Å². The first-order valence-corrected chi connectivity index (χ1v) is 13.0. The Morgan fingerprint density at radius 1 is 1.03 bits per heavy atom. The molecule has 0 radical (unpaired) electrons. The fourth-order valence-corrected chi connectivity index (χ4v) is 5.84. The van der Waals surface area contributed by atoms with Crippen molar-refractivity contribution in [2.45, 2.75) is 58.0 Å². The van der Waals surface area contributed by atoms with Crippen LogP contribution in [-0.2, 0) is 11.3 Å². The molecule has 3 aliphatic heterocycles. The number of urea groups is 1. The van der Waals surface area contributed by atoms with Gasteiger partial charge >= 0.3 is 6.03 Å². The summed E-state index contributed by atoms with van der Waals surface area (Å²) in [5.41, 5.74) is 2.16. The van der Waals surface area contributed by atoms with E-state index in [1.54, 1.807) is 23.4 Å². The van der Waals surface area contributed by atoms with Gasteiger partial charge in [0.15, 0.2) is 0 Å². The Morgan fingerprint density at radius 2 is 1.81 bits per heavy atom. The van der Waals surface area contributed by atoms with Crippen LogP contribution in [0, 0.1) is 12.8 Å². The van der Waals surface area contributed by atoms with Crippen LogP contribution < -0.4 is 10.2 Å². The highest BCUT2D eigenvalue weighted by molar-refractivity contribution is 6.06. The van der Waals surface area contributed by atoms with E-state index in [0.717, 1.165) is 50.4 Å². The Morgan fingerprint density at radius 3 is 2.56 bits per heavy atom. The molecule has 1 aromatic heterocycles. The van der Waals surface area contributed by atoms with Crippen LogP contribution >= 0.6 is 0 Å². The number of amides is 4. The van der Waals surface area contributed by atoms with E-state index in [-0.39, 0.29) is 18.2 Å². The number of aryl methyl sites for hydroxylation is 1. The van der Waals surface area contributed by atoms with E-state index in [1.807, 2.05) is 30.0 Å². The lowest BCUT2D eigenvalue weighted by Crippen LogP contribution is -2.50. The third-order valence-corrected chi connectivity index (χ3v) is 7.80. The lowest BCUT2D eigenvalue weighted by Gasteiger charge is -2.43. The molecule has 190 valence electrons. The maximum atomic E-state index is 13.4. The summed E-state index contributed by atoms with van der Waals surface area (Å²) in [5, 5.41) is 2.36. The Bertz CT molecular complexity index is 1120. The number of piperidine rings is 2. The van der Waals surface area contributed by atoms with Gasteiger partial charge in [-0.3, -0.25) is 24.7 Å². The number of carbonyl (C=O) groups excluding carboxylic acids is 3. The van der Waals surface area contributed by atoms with Gasteiger partial charge in [-0.25, -0.2) is 14.8 Å². The van der Waals surface area contributed by atoms with Crippen LogP contribution in [0.3, 0.4) is 0 Å². The maximum absolute atomic E-state index is 13.4. The summed E-state index contributed by atoms with van der Waals surface area (Å²) >= 11 is 0. The zero-order chi connectivity index (χ0) is 25.1. The van der Waals surface area contributed by atoms with Crippen molar-refractivity contribution in [1.29, 1.82) is 0 Å². The van der Waals surface area contributed by atoms with Crippen LogP contribution in [-0.4, -0.2) is 69.8 Å². The zero-order valence-corrected chi connectivity index (χ0v) is 20.9. The predicted molar refractivity (Wildman–Crippen MR) is 135 cm³/mol. The molecule has 2 aromatic rings. The first kappa shape index (κ1) is 24.4.